The minimum Gasteiger partial charge on any atom is -0.398 e. The lowest BCUT2D eigenvalue weighted by Crippen LogP contribution is -2.17. The Morgan fingerprint density at radius 3 is 2.52 bits per heavy atom. The van der Waals surface area contributed by atoms with Gasteiger partial charge in [-0.25, -0.2) is 0 Å². The highest BCUT2D eigenvalue weighted by Gasteiger charge is 2.11. The molecule has 21 heavy (non-hydrogen) atoms. The van der Waals surface area contributed by atoms with Crippen molar-refractivity contribution in [3.63, 3.8) is 0 Å². The van der Waals surface area contributed by atoms with Gasteiger partial charge in [0.05, 0.1) is 11.4 Å². The summed E-state index contributed by atoms with van der Waals surface area (Å²) < 4.78 is 0. The van der Waals surface area contributed by atoms with Crippen LogP contribution in [0.2, 0.25) is 5.02 Å². The molecule has 0 aliphatic carbocycles. The summed E-state index contributed by atoms with van der Waals surface area (Å²) in [6, 6.07) is 10.6. The van der Waals surface area contributed by atoms with Crippen LogP contribution in [0.1, 0.15) is 15.9 Å². The normalized spacial score (nSPS) is 10.3. The molecule has 2 rings (SSSR count). The summed E-state index contributed by atoms with van der Waals surface area (Å²) >= 11 is 6.01. The fourth-order valence-corrected chi connectivity index (χ4v) is 2.15. The number of halogens is 1. The van der Waals surface area contributed by atoms with Crippen LogP contribution in [0, 0.1) is 6.92 Å². The number of benzene rings is 2. The Labute approximate surface area is 129 Å². The maximum Gasteiger partial charge on any atom is 0.255 e. The quantitative estimate of drug-likeness (QED) is 0.853. The third kappa shape index (κ3) is 3.47. The van der Waals surface area contributed by atoms with E-state index in [4.69, 9.17) is 17.3 Å². The van der Waals surface area contributed by atoms with E-state index in [0.29, 0.717) is 22.0 Å². The minimum atomic E-state index is -0.216. The molecular formula is C16H18ClN3O. The molecule has 0 aliphatic heterocycles. The standard InChI is InChI=1S/C16H18ClN3O/c1-10-4-5-11(8-13(10)18)16(21)19-14-9-12(17)6-7-15(14)20(2)3/h4-9H,18H2,1-3H3,(H,19,21). The molecule has 3 N–H and O–H groups in total. The van der Waals surface area contributed by atoms with Crippen molar-refractivity contribution in [2.24, 2.45) is 0 Å². The molecule has 4 nitrogen and oxygen atoms in total. The summed E-state index contributed by atoms with van der Waals surface area (Å²) in [6.07, 6.45) is 0. The third-order valence-corrected chi connectivity index (χ3v) is 3.47. The largest absolute Gasteiger partial charge is 0.398 e. The van der Waals surface area contributed by atoms with Gasteiger partial charge in [0.15, 0.2) is 0 Å². The van der Waals surface area contributed by atoms with Crippen LogP contribution in [-0.2, 0) is 0 Å². The molecule has 0 radical (unpaired) electrons. The highest BCUT2D eigenvalue weighted by Crippen LogP contribution is 2.28. The minimum absolute atomic E-state index is 0.216. The summed E-state index contributed by atoms with van der Waals surface area (Å²) in [5, 5.41) is 3.44. The van der Waals surface area contributed by atoms with Crippen LogP contribution in [-0.4, -0.2) is 20.0 Å². The van der Waals surface area contributed by atoms with Crippen molar-refractivity contribution in [3.8, 4) is 0 Å². The van der Waals surface area contributed by atoms with Crippen molar-refractivity contribution in [1.82, 2.24) is 0 Å². The topological polar surface area (TPSA) is 58.4 Å². The molecule has 1 amide bonds. The fourth-order valence-electron chi connectivity index (χ4n) is 1.97. The van der Waals surface area contributed by atoms with E-state index in [-0.39, 0.29) is 5.91 Å². The van der Waals surface area contributed by atoms with E-state index >= 15 is 0 Å². The Kier molecular flexibility index (Phi) is 4.38. The number of nitrogens with zero attached hydrogens (tertiary/aromatic N) is 1. The Morgan fingerprint density at radius 1 is 1.19 bits per heavy atom. The summed E-state index contributed by atoms with van der Waals surface area (Å²) in [6.45, 7) is 1.90. The molecule has 2 aromatic carbocycles. The number of hydrogen-bond donors (Lipinski definition) is 2. The second kappa shape index (κ2) is 6.06. The summed E-state index contributed by atoms with van der Waals surface area (Å²) in [4.78, 5) is 14.2. The monoisotopic (exact) mass is 303 g/mol. The zero-order valence-electron chi connectivity index (χ0n) is 12.3. The Balaban J connectivity index is 2.30. The number of carbonyl (C=O) groups excluding carboxylic acids is 1. The molecular weight excluding hydrogens is 286 g/mol. The van der Waals surface area contributed by atoms with Crippen molar-refractivity contribution >= 4 is 34.6 Å². The molecule has 0 fully saturated rings. The van der Waals surface area contributed by atoms with Crippen molar-refractivity contribution in [2.75, 3.05) is 30.0 Å². The van der Waals surface area contributed by atoms with Crippen molar-refractivity contribution in [3.05, 3.63) is 52.5 Å². The molecule has 0 heterocycles. The average Bonchev–Trinajstić information content (AvgIpc) is 2.41. The Morgan fingerprint density at radius 2 is 1.90 bits per heavy atom. The van der Waals surface area contributed by atoms with Gasteiger partial charge < -0.3 is 16.0 Å². The van der Waals surface area contributed by atoms with Gasteiger partial charge in [-0.15, -0.1) is 0 Å². The van der Waals surface area contributed by atoms with Crippen molar-refractivity contribution in [1.29, 1.82) is 0 Å². The van der Waals surface area contributed by atoms with Gasteiger partial charge in [-0.2, -0.15) is 0 Å². The summed E-state index contributed by atoms with van der Waals surface area (Å²) in [5.41, 5.74) is 9.45. The van der Waals surface area contributed by atoms with Gasteiger partial charge in [-0.1, -0.05) is 17.7 Å². The van der Waals surface area contributed by atoms with E-state index in [0.717, 1.165) is 11.3 Å². The maximum atomic E-state index is 12.3. The summed E-state index contributed by atoms with van der Waals surface area (Å²) in [7, 11) is 3.81. The van der Waals surface area contributed by atoms with Gasteiger partial charge >= 0.3 is 0 Å². The highest BCUT2D eigenvalue weighted by molar-refractivity contribution is 6.31. The van der Waals surface area contributed by atoms with E-state index in [2.05, 4.69) is 5.32 Å². The zero-order chi connectivity index (χ0) is 15.6. The molecule has 0 spiro atoms. The highest BCUT2D eigenvalue weighted by atomic mass is 35.5. The second-order valence-corrected chi connectivity index (χ2v) is 5.52. The molecule has 0 saturated heterocycles. The lowest BCUT2D eigenvalue weighted by Gasteiger charge is -2.18. The predicted octanol–water partition coefficient (Wildman–Crippen LogP) is 3.55. The van der Waals surface area contributed by atoms with Crippen molar-refractivity contribution < 1.29 is 4.79 Å². The smallest absolute Gasteiger partial charge is 0.255 e. The number of rotatable bonds is 3. The van der Waals surface area contributed by atoms with Crippen LogP contribution in [0.4, 0.5) is 17.1 Å². The van der Waals surface area contributed by atoms with Gasteiger partial charge in [0.2, 0.25) is 0 Å². The van der Waals surface area contributed by atoms with E-state index in [9.17, 15) is 4.79 Å². The van der Waals surface area contributed by atoms with Gasteiger partial charge in [0.1, 0.15) is 0 Å². The molecule has 5 heteroatoms. The number of nitrogens with two attached hydrogens (primary N) is 1. The number of nitrogens with one attached hydrogen (secondary N) is 1. The second-order valence-electron chi connectivity index (χ2n) is 5.08. The first-order chi connectivity index (χ1) is 9.88. The lowest BCUT2D eigenvalue weighted by molar-refractivity contribution is 0.102. The number of nitrogen functional groups attached to an aromatic ring is 1. The first-order valence-electron chi connectivity index (χ1n) is 6.53. The number of aryl methyl sites for hydroxylation is 1. The fraction of sp³-hybridized carbons (Fsp3) is 0.188. The Bertz CT molecular complexity index is 683. The molecule has 0 saturated carbocycles. The number of amides is 1. The molecule has 0 aromatic heterocycles. The lowest BCUT2D eigenvalue weighted by atomic mass is 10.1. The molecule has 0 aliphatic rings. The first kappa shape index (κ1) is 15.2. The molecule has 2 aromatic rings. The SMILES string of the molecule is Cc1ccc(C(=O)Nc2cc(Cl)ccc2N(C)C)cc1N. The van der Waals surface area contributed by atoms with Gasteiger partial charge in [-0.3, -0.25) is 4.79 Å². The van der Waals surface area contributed by atoms with Gasteiger partial charge in [-0.05, 0) is 42.8 Å². The summed E-state index contributed by atoms with van der Waals surface area (Å²) in [5.74, 6) is -0.216. The van der Waals surface area contributed by atoms with Gasteiger partial charge in [0.25, 0.3) is 5.91 Å². The molecule has 0 unspecified atom stereocenters. The maximum absolute atomic E-state index is 12.3. The molecule has 110 valence electrons. The first-order valence-corrected chi connectivity index (χ1v) is 6.90. The third-order valence-electron chi connectivity index (χ3n) is 3.23. The Hall–Kier alpha value is -2.20. The number of carbonyl (C=O) groups is 1. The molecule has 0 bridgehead atoms. The average molecular weight is 304 g/mol. The van der Waals surface area contributed by atoms with Crippen LogP contribution in [0.15, 0.2) is 36.4 Å². The van der Waals surface area contributed by atoms with Gasteiger partial charge in [0, 0.05) is 30.4 Å². The van der Waals surface area contributed by atoms with Crippen LogP contribution in [0.25, 0.3) is 0 Å². The van der Waals surface area contributed by atoms with Crippen molar-refractivity contribution in [2.45, 2.75) is 6.92 Å². The van der Waals surface area contributed by atoms with E-state index in [1.807, 2.05) is 38.1 Å². The number of anilines is 3. The predicted molar refractivity (Wildman–Crippen MR) is 89.3 cm³/mol. The number of hydrogen-bond acceptors (Lipinski definition) is 3. The van der Waals surface area contributed by atoms with Crippen LogP contribution in [0.3, 0.4) is 0 Å². The molecule has 0 atom stereocenters. The van der Waals surface area contributed by atoms with E-state index < -0.39 is 0 Å². The zero-order valence-corrected chi connectivity index (χ0v) is 13.0. The van der Waals surface area contributed by atoms with Crippen LogP contribution in [0.5, 0.6) is 0 Å². The van der Waals surface area contributed by atoms with E-state index in [1.165, 1.54) is 0 Å². The van der Waals surface area contributed by atoms with Crippen LogP contribution >= 0.6 is 11.6 Å². The van der Waals surface area contributed by atoms with Crippen LogP contribution < -0.4 is 16.0 Å². The van der Waals surface area contributed by atoms with E-state index in [1.54, 1.807) is 24.3 Å².